The molecule has 82 valence electrons. The molecule has 1 fully saturated rings. The van der Waals surface area contributed by atoms with Crippen molar-refractivity contribution in [2.45, 2.75) is 38.9 Å². The van der Waals surface area contributed by atoms with Crippen LogP contribution in [0.3, 0.4) is 0 Å². The van der Waals surface area contributed by atoms with Gasteiger partial charge in [-0.2, -0.15) is 0 Å². The SMILES string of the molecule is CC1CN(CCCC(N)=S)CC(C)O1. The molecule has 0 aromatic rings. The van der Waals surface area contributed by atoms with Crippen molar-refractivity contribution >= 4 is 17.2 Å². The highest BCUT2D eigenvalue weighted by Gasteiger charge is 2.21. The molecular weight excluding hydrogens is 196 g/mol. The van der Waals surface area contributed by atoms with E-state index >= 15 is 0 Å². The van der Waals surface area contributed by atoms with E-state index in [1.807, 2.05) is 0 Å². The van der Waals surface area contributed by atoms with Crippen molar-refractivity contribution in [3.63, 3.8) is 0 Å². The van der Waals surface area contributed by atoms with Crippen LogP contribution in [0, 0.1) is 0 Å². The van der Waals surface area contributed by atoms with Gasteiger partial charge in [-0.05, 0) is 33.2 Å². The number of nitrogens with two attached hydrogens (primary N) is 1. The summed E-state index contributed by atoms with van der Waals surface area (Å²) in [5, 5.41) is 0. The molecule has 0 radical (unpaired) electrons. The van der Waals surface area contributed by atoms with Crippen LogP contribution in [-0.2, 0) is 4.74 Å². The minimum Gasteiger partial charge on any atom is -0.393 e. The maximum atomic E-state index is 5.65. The zero-order valence-corrected chi connectivity index (χ0v) is 9.85. The zero-order chi connectivity index (χ0) is 10.6. The molecule has 2 N–H and O–H groups in total. The van der Waals surface area contributed by atoms with Crippen LogP contribution in [0.4, 0.5) is 0 Å². The standard InChI is InChI=1S/C10H20N2OS/c1-8-6-12(7-9(2)13-8)5-3-4-10(11)14/h8-9H,3-7H2,1-2H3,(H2,11,14). The fraction of sp³-hybridized carbons (Fsp3) is 0.900. The van der Waals surface area contributed by atoms with Crippen LogP contribution in [0.2, 0.25) is 0 Å². The van der Waals surface area contributed by atoms with E-state index in [-0.39, 0.29) is 0 Å². The first kappa shape index (κ1) is 11.9. The minimum absolute atomic E-state index is 0.351. The molecule has 0 aliphatic carbocycles. The Balaban J connectivity index is 2.20. The normalized spacial score (nSPS) is 29.0. The highest BCUT2D eigenvalue weighted by atomic mass is 32.1. The van der Waals surface area contributed by atoms with Crippen LogP contribution in [0.5, 0.6) is 0 Å². The topological polar surface area (TPSA) is 38.5 Å². The Kier molecular flexibility index (Phi) is 4.78. The summed E-state index contributed by atoms with van der Waals surface area (Å²) < 4.78 is 5.65. The van der Waals surface area contributed by atoms with E-state index in [0.29, 0.717) is 17.2 Å². The summed E-state index contributed by atoms with van der Waals surface area (Å²) in [5.74, 6) is 0. The van der Waals surface area contributed by atoms with E-state index in [1.54, 1.807) is 0 Å². The number of rotatable bonds is 4. The maximum absolute atomic E-state index is 5.65. The number of thiocarbonyl (C=S) groups is 1. The summed E-state index contributed by atoms with van der Waals surface area (Å²) in [6.07, 6.45) is 2.62. The second-order valence-electron chi connectivity index (χ2n) is 4.09. The van der Waals surface area contributed by atoms with E-state index in [0.717, 1.165) is 32.5 Å². The Morgan fingerprint density at radius 1 is 1.43 bits per heavy atom. The highest BCUT2D eigenvalue weighted by molar-refractivity contribution is 7.80. The molecular formula is C10H20N2OS. The fourth-order valence-corrected chi connectivity index (χ4v) is 2.09. The number of ether oxygens (including phenoxy) is 1. The molecule has 0 bridgehead atoms. The van der Waals surface area contributed by atoms with Crippen LogP contribution in [0.25, 0.3) is 0 Å². The van der Waals surface area contributed by atoms with Gasteiger partial charge in [0.15, 0.2) is 0 Å². The molecule has 0 saturated carbocycles. The number of nitrogens with zero attached hydrogens (tertiary/aromatic N) is 1. The molecule has 4 heteroatoms. The molecule has 0 aromatic carbocycles. The van der Waals surface area contributed by atoms with Gasteiger partial charge in [-0.1, -0.05) is 12.2 Å². The Morgan fingerprint density at radius 3 is 2.50 bits per heavy atom. The maximum Gasteiger partial charge on any atom is 0.0727 e. The van der Waals surface area contributed by atoms with Crippen LogP contribution in [-0.4, -0.2) is 41.7 Å². The van der Waals surface area contributed by atoms with Crippen molar-refractivity contribution in [2.24, 2.45) is 5.73 Å². The summed E-state index contributed by atoms with van der Waals surface area (Å²) in [6.45, 7) is 7.38. The first-order valence-corrected chi connectivity index (χ1v) is 5.65. The highest BCUT2D eigenvalue weighted by Crippen LogP contribution is 2.11. The van der Waals surface area contributed by atoms with Gasteiger partial charge in [0.25, 0.3) is 0 Å². The molecule has 0 aromatic heterocycles. The Labute approximate surface area is 91.6 Å². The predicted octanol–water partition coefficient (Wildman–Crippen LogP) is 1.16. The van der Waals surface area contributed by atoms with Crippen molar-refractivity contribution in [2.75, 3.05) is 19.6 Å². The third kappa shape index (κ3) is 4.35. The summed E-state index contributed by atoms with van der Waals surface area (Å²) in [4.78, 5) is 3.05. The van der Waals surface area contributed by atoms with E-state index in [9.17, 15) is 0 Å². The summed E-state index contributed by atoms with van der Waals surface area (Å²) in [7, 11) is 0. The molecule has 1 aliphatic rings. The summed E-state index contributed by atoms with van der Waals surface area (Å²) in [5.41, 5.74) is 5.45. The largest absolute Gasteiger partial charge is 0.393 e. The van der Waals surface area contributed by atoms with Gasteiger partial charge in [0.05, 0.1) is 17.2 Å². The van der Waals surface area contributed by atoms with Gasteiger partial charge in [0.2, 0.25) is 0 Å². The Hall–Kier alpha value is -0.190. The van der Waals surface area contributed by atoms with Gasteiger partial charge < -0.3 is 10.5 Å². The summed E-state index contributed by atoms with van der Waals surface area (Å²) in [6, 6.07) is 0. The molecule has 2 unspecified atom stereocenters. The molecule has 2 atom stereocenters. The average molecular weight is 216 g/mol. The second kappa shape index (κ2) is 5.63. The molecule has 1 rings (SSSR count). The van der Waals surface area contributed by atoms with Crippen molar-refractivity contribution in [3.8, 4) is 0 Å². The van der Waals surface area contributed by atoms with Gasteiger partial charge in [-0.3, -0.25) is 4.90 Å². The van der Waals surface area contributed by atoms with E-state index in [1.165, 1.54) is 0 Å². The Morgan fingerprint density at radius 2 is 2.00 bits per heavy atom. The summed E-state index contributed by atoms with van der Waals surface area (Å²) >= 11 is 4.84. The van der Waals surface area contributed by atoms with Crippen LogP contribution < -0.4 is 5.73 Å². The predicted molar refractivity (Wildman–Crippen MR) is 62.5 cm³/mol. The lowest BCUT2D eigenvalue weighted by molar-refractivity contribution is -0.0679. The smallest absolute Gasteiger partial charge is 0.0727 e. The Bertz CT molecular complexity index is 189. The van der Waals surface area contributed by atoms with E-state index < -0.39 is 0 Å². The fourth-order valence-electron chi connectivity index (χ4n) is 1.94. The third-order valence-electron chi connectivity index (χ3n) is 2.39. The zero-order valence-electron chi connectivity index (χ0n) is 9.03. The molecule has 14 heavy (non-hydrogen) atoms. The van der Waals surface area contributed by atoms with Crippen molar-refractivity contribution in [1.29, 1.82) is 0 Å². The number of morpholine rings is 1. The van der Waals surface area contributed by atoms with E-state index in [4.69, 9.17) is 22.7 Å². The van der Waals surface area contributed by atoms with E-state index in [2.05, 4.69) is 18.7 Å². The number of hydrogen-bond acceptors (Lipinski definition) is 3. The van der Waals surface area contributed by atoms with Gasteiger partial charge in [-0.25, -0.2) is 0 Å². The minimum atomic E-state index is 0.351. The monoisotopic (exact) mass is 216 g/mol. The second-order valence-corrected chi connectivity index (χ2v) is 4.61. The first-order valence-electron chi connectivity index (χ1n) is 5.24. The number of hydrogen-bond donors (Lipinski definition) is 1. The van der Waals surface area contributed by atoms with Crippen LogP contribution >= 0.6 is 12.2 Å². The molecule has 3 nitrogen and oxygen atoms in total. The molecule has 1 heterocycles. The molecule has 1 aliphatic heterocycles. The molecule has 0 spiro atoms. The first-order chi connectivity index (χ1) is 6.58. The lowest BCUT2D eigenvalue weighted by atomic mass is 10.2. The van der Waals surface area contributed by atoms with Gasteiger partial charge in [-0.15, -0.1) is 0 Å². The van der Waals surface area contributed by atoms with Crippen molar-refractivity contribution in [3.05, 3.63) is 0 Å². The van der Waals surface area contributed by atoms with Crippen LogP contribution in [0.1, 0.15) is 26.7 Å². The molecule has 1 saturated heterocycles. The van der Waals surface area contributed by atoms with Crippen molar-refractivity contribution < 1.29 is 4.74 Å². The third-order valence-corrected chi connectivity index (χ3v) is 2.60. The van der Waals surface area contributed by atoms with Gasteiger partial charge in [0, 0.05) is 13.1 Å². The van der Waals surface area contributed by atoms with Crippen molar-refractivity contribution in [1.82, 2.24) is 4.90 Å². The lowest BCUT2D eigenvalue weighted by Crippen LogP contribution is -2.45. The lowest BCUT2D eigenvalue weighted by Gasteiger charge is -2.35. The quantitative estimate of drug-likeness (QED) is 0.716. The molecule has 0 amide bonds. The van der Waals surface area contributed by atoms with Gasteiger partial charge >= 0.3 is 0 Å². The van der Waals surface area contributed by atoms with Crippen LogP contribution in [0.15, 0.2) is 0 Å². The van der Waals surface area contributed by atoms with Gasteiger partial charge in [0.1, 0.15) is 0 Å². The average Bonchev–Trinajstić information content (AvgIpc) is 2.01.